The second-order valence-corrected chi connectivity index (χ2v) is 7.66. The van der Waals surface area contributed by atoms with Gasteiger partial charge in [0.1, 0.15) is 5.82 Å². The Kier molecular flexibility index (Phi) is 4.60. The lowest BCUT2D eigenvalue weighted by Gasteiger charge is -2.31. The molecule has 2 heterocycles. The summed E-state index contributed by atoms with van der Waals surface area (Å²) >= 11 is 0. The van der Waals surface area contributed by atoms with Crippen LogP contribution in [0.5, 0.6) is 0 Å². The Morgan fingerprint density at radius 1 is 1.19 bits per heavy atom. The lowest BCUT2D eigenvalue weighted by Crippen LogP contribution is -2.41. The third kappa shape index (κ3) is 3.68. The van der Waals surface area contributed by atoms with Crippen LogP contribution in [-0.4, -0.2) is 34.0 Å². The van der Waals surface area contributed by atoms with Gasteiger partial charge in [0, 0.05) is 24.7 Å². The molecule has 0 spiro atoms. The summed E-state index contributed by atoms with van der Waals surface area (Å²) in [5.74, 6) is 1.23. The number of benzene rings is 2. The fourth-order valence-electron chi connectivity index (χ4n) is 3.79. The minimum Gasteiger partial charge on any atom is -0.342 e. The van der Waals surface area contributed by atoms with Crippen molar-refractivity contribution < 1.29 is 4.79 Å². The highest BCUT2D eigenvalue weighted by atomic mass is 16.2. The maximum Gasteiger partial charge on any atom is 0.321 e. The van der Waals surface area contributed by atoms with Gasteiger partial charge in [0.05, 0.1) is 11.0 Å². The first-order valence-corrected chi connectivity index (χ1v) is 9.59. The third-order valence-electron chi connectivity index (χ3n) is 5.48. The molecule has 1 aliphatic heterocycles. The fraction of sp³-hybridized carbons (Fsp3) is 0.364. The van der Waals surface area contributed by atoms with Crippen molar-refractivity contribution in [2.45, 2.75) is 39.5 Å². The van der Waals surface area contributed by atoms with Crippen molar-refractivity contribution >= 4 is 22.8 Å². The smallest absolute Gasteiger partial charge is 0.321 e. The number of rotatable bonds is 2. The molecule has 5 nitrogen and oxygen atoms in total. The number of hydrogen-bond acceptors (Lipinski definition) is 2. The molecule has 2 amide bonds. The molecule has 27 heavy (non-hydrogen) atoms. The monoisotopic (exact) mass is 362 g/mol. The topological polar surface area (TPSA) is 61.0 Å². The van der Waals surface area contributed by atoms with Gasteiger partial charge in [-0.1, -0.05) is 12.1 Å². The van der Waals surface area contributed by atoms with Gasteiger partial charge in [-0.05, 0) is 74.6 Å². The number of hydrogen-bond donors (Lipinski definition) is 2. The van der Waals surface area contributed by atoms with Gasteiger partial charge in [-0.2, -0.15) is 0 Å². The number of aromatic amines is 1. The highest BCUT2D eigenvalue weighted by Crippen LogP contribution is 2.28. The lowest BCUT2D eigenvalue weighted by molar-refractivity contribution is 0.191. The standard InChI is InChI=1S/C22H26N4O/c1-14-6-4-8-18(10-14)23-22(27)26-9-5-7-17(13-26)21-24-19-11-15(2)16(3)12-20(19)25-21/h4,6,8,10-12,17H,5,7,9,13H2,1-3H3,(H,23,27)(H,24,25)/t17-/m1/s1. The maximum atomic E-state index is 12.7. The van der Waals surface area contributed by atoms with Gasteiger partial charge < -0.3 is 15.2 Å². The number of anilines is 1. The second kappa shape index (κ2) is 7.06. The molecule has 0 unspecified atom stereocenters. The van der Waals surface area contributed by atoms with Crippen molar-refractivity contribution in [1.29, 1.82) is 0 Å². The van der Waals surface area contributed by atoms with E-state index in [1.54, 1.807) is 0 Å². The largest absolute Gasteiger partial charge is 0.342 e. The number of nitrogens with zero attached hydrogens (tertiary/aromatic N) is 2. The number of carbonyl (C=O) groups excluding carboxylic acids is 1. The third-order valence-corrected chi connectivity index (χ3v) is 5.48. The fourth-order valence-corrected chi connectivity index (χ4v) is 3.79. The van der Waals surface area contributed by atoms with Gasteiger partial charge in [-0.3, -0.25) is 0 Å². The van der Waals surface area contributed by atoms with Crippen molar-refractivity contribution in [3.8, 4) is 0 Å². The average Bonchev–Trinajstić information content (AvgIpc) is 3.05. The van der Waals surface area contributed by atoms with E-state index >= 15 is 0 Å². The van der Waals surface area contributed by atoms with E-state index in [1.165, 1.54) is 11.1 Å². The molecular formula is C22H26N4O. The summed E-state index contributed by atoms with van der Waals surface area (Å²) in [6, 6.07) is 12.2. The molecule has 0 bridgehead atoms. The van der Waals surface area contributed by atoms with Crippen LogP contribution in [0.4, 0.5) is 10.5 Å². The Morgan fingerprint density at radius 2 is 2.00 bits per heavy atom. The Morgan fingerprint density at radius 3 is 2.81 bits per heavy atom. The quantitative estimate of drug-likeness (QED) is 0.681. The number of piperidine rings is 1. The van der Waals surface area contributed by atoms with E-state index in [1.807, 2.05) is 36.1 Å². The summed E-state index contributed by atoms with van der Waals surface area (Å²) in [5, 5.41) is 3.02. The lowest BCUT2D eigenvalue weighted by atomic mass is 9.97. The molecule has 1 fully saturated rings. The van der Waals surface area contributed by atoms with E-state index in [4.69, 9.17) is 4.98 Å². The number of carbonyl (C=O) groups is 1. The van der Waals surface area contributed by atoms with Crippen LogP contribution in [0.25, 0.3) is 11.0 Å². The molecule has 5 heteroatoms. The summed E-state index contributed by atoms with van der Waals surface area (Å²) in [5.41, 5.74) is 6.58. The van der Waals surface area contributed by atoms with Crippen LogP contribution < -0.4 is 5.32 Å². The Bertz CT molecular complexity index is 952. The number of amides is 2. The van der Waals surface area contributed by atoms with Crippen LogP contribution in [0, 0.1) is 20.8 Å². The first kappa shape index (κ1) is 17.6. The number of nitrogens with one attached hydrogen (secondary N) is 2. The van der Waals surface area contributed by atoms with E-state index in [-0.39, 0.29) is 11.9 Å². The minimum absolute atomic E-state index is 0.0342. The van der Waals surface area contributed by atoms with Gasteiger partial charge in [-0.25, -0.2) is 9.78 Å². The molecular weight excluding hydrogens is 336 g/mol. The molecule has 140 valence electrons. The maximum absolute atomic E-state index is 12.7. The van der Waals surface area contributed by atoms with Crippen molar-refractivity contribution in [2.75, 3.05) is 18.4 Å². The minimum atomic E-state index is -0.0342. The van der Waals surface area contributed by atoms with Crippen molar-refractivity contribution in [3.05, 3.63) is 58.9 Å². The van der Waals surface area contributed by atoms with E-state index in [2.05, 4.69) is 36.3 Å². The van der Waals surface area contributed by atoms with E-state index < -0.39 is 0 Å². The van der Waals surface area contributed by atoms with Gasteiger partial charge >= 0.3 is 6.03 Å². The van der Waals surface area contributed by atoms with Crippen LogP contribution >= 0.6 is 0 Å². The van der Waals surface area contributed by atoms with Gasteiger partial charge in [0.15, 0.2) is 0 Å². The van der Waals surface area contributed by atoms with Crippen LogP contribution in [0.1, 0.15) is 41.3 Å². The van der Waals surface area contributed by atoms with Gasteiger partial charge in [0.2, 0.25) is 0 Å². The van der Waals surface area contributed by atoms with E-state index in [0.717, 1.165) is 47.5 Å². The van der Waals surface area contributed by atoms with Crippen molar-refractivity contribution in [2.24, 2.45) is 0 Å². The summed E-state index contributed by atoms with van der Waals surface area (Å²) in [4.78, 5) is 22.9. The number of fused-ring (bicyclic) bond motifs is 1. The molecule has 0 aliphatic carbocycles. The summed E-state index contributed by atoms with van der Waals surface area (Å²) < 4.78 is 0. The van der Waals surface area contributed by atoms with Crippen LogP contribution in [0.15, 0.2) is 36.4 Å². The average molecular weight is 362 g/mol. The van der Waals surface area contributed by atoms with E-state index in [9.17, 15) is 4.79 Å². The van der Waals surface area contributed by atoms with Crippen LogP contribution in [-0.2, 0) is 0 Å². The van der Waals surface area contributed by atoms with Crippen molar-refractivity contribution in [3.63, 3.8) is 0 Å². The Hall–Kier alpha value is -2.82. The molecule has 2 aromatic carbocycles. The van der Waals surface area contributed by atoms with E-state index in [0.29, 0.717) is 6.54 Å². The zero-order valence-corrected chi connectivity index (χ0v) is 16.2. The number of aromatic nitrogens is 2. The normalized spacial score (nSPS) is 17.3. The van der Waals surface area contributed by atoms with Crippen LogP contribution in [0.2, 0.25) is 0 Å². The van der Waals surface area contributed by atoms with Gasteiger partial charge in [-0.15, -0.1) is 0 Å². The molecule has 2 N–H and O–H groups in total. The number of imidazole rings is 1. The zero-order chi connectivity index (χ0) is 19.0. The molecule has 3 aromatic rings. The second-order valence-electron chi connectivity index (χ2n) is 7.66. The predicted molar refractivity (Wildman–Crippen MR) is 109 cm³/mol. The summed E-state index contributed by atoms with van der Waals surface area (Å²) in [7, 11) is 0. The number of H-pyrrole nitrogens is 1. The molecule has 4 rings (SSSR count). The number of aryl methyl sites for hydroxylation is 3. The van der Waals surface area contributed by atoms with Crippen molar-refractivity contribution in [1.82, 2.24) is 14.9 Å². The number of likely N-dealkylation sites (tertiary alicyclic amines) is 1. The molecule has 1 aromatic heterocycles. The SMILES string of the molecule is Cc1cccc(NC(=O)N2CCC[C@@H](c3nc4cc(C)c(C)cc4[nH]3)C2)c1. The van der Waals surface area contributed by atoms with Crippen LogP contribution in [0.3, 0.4) is 0 Å². The highest BCUT2D eigenvalue weighted by Gasteiger charge is 2.27. The molecule has 1 saturated heterocycles. The zero-order valence-electron chi connectivity index (χ0n) is 16.2. The molecule has 0 saturated carbocycles. The molecule has 1 aliphatic rings. The summed E-state index contributed by atoms with van der Waals surface area (Å²) in [6.45, 7) is 7.73. The summed E-state index contributed by atoms with van der Waals surface area (Å²) in [6.07, 6.45) is 2.03. The van der Waals surface area contributed by atoms with Gasteiger partial charge in [0.25, 0.3) is 0 Å². The first-order chi connectivity index (χ1) is 13.0. The molecule has 1 atom stereocenters. The molecule has 0 radical (unpaired) electrons. The highest BCUT2D eigenvalue weighted by molar-refractivity contribution is 5.89. The predicted octanol–water partition coefficient (Wildman–Crippen LogP) is 4.90. The Balaban J connectivity index is 1.50. The number of urea groups is 1. The Labute approximate surface area is 159 Å². The first-order valence-electron chi connectivity index (χ1n) is 9.59.